The van der Waals surface area contributed by atoms with Gasteiger partial charge in [0.2, 0.25) is 10.0 Å². The van der Waals surface area contributed by atoms with Crippen LogP contribution >= 0.6 is 0 Å². The molecule has 4 rings (SSSR count). The Bertz CT molecular complexity index is 1660. The highest BCUT2D eigenvalue weighted by Gasteiger charge is 2.29. The molecule has 0 amide bonds. The fourth-order valence-corrected chi connectivity index (χ4v) is 5.70. The average molecular weight is 548 g/mol. The number of sulfonamides is 1. The Morgan fingerprint density at radius 1 is 0.923 bits per heavy atom. The van der Waals surface area contributed by atoms with Crippen molar-refractivity contribution in [2.75, 3.05) is 0 Å². The number of carbonyl (C=O) groups excluding carboxylic acids is 1. The summed E-state index contributed by atoms with van der Waals surface area (Å²) < 4.78 is 39.9. The van der Waals surface area contributed by atoms with Crippen molar-refractivity contribution in [3.8, 4) is 5.75 Å². The summed E-state index contributed by atoms with van der Waals surface area (Å²) in [6.07, 6.45) is 0.687. The van der Waals surface area contributed by atoms with Gasteiger partial charge in [-0.25, -0.2) is 18.0 Å². The molecule has 204 valence electrons. The lowest BCUT2D eigenvalue weighted by Gasteiger charge is -2.20. The third-order valence-electron chi connectivity index (χ3n) is 6.71. The molecule has 0 saturated carbocycles. The normalized spacial score (nSPS) is 12.6. The second kappa shape index (κ2) is 11.6. The van der Waals surface area contributed by atoms with Crippen LogP contribution in [-0.4, -0.2) is 20.4 Å². The highest BCUT2D eigenvalue weighted by molar-refractivity contribution is 7.89. The van der Waals surface area contributed by atoms with Crippen molar-refractivity contribution in [1.82, 2.24) is 4.72 Å². The van der Waals surface area contributed by atoms with Gasteiger partial charge < -0.3 is 9.15 Å². The molecule has 0 bridgehead atoms. The molecule has 0 fully saturated rings. The van der Waals surface area contributed by atoms with Crippen LogP contribution in [0.4, 0.5) is 0 Å². The zero-order valence-corrected chi connectivity index (χ0v) is 23.6. The lowest BCUT2D eigenvalue weighted by atomic mass is 9.98. The van der Waals surface area contributed by atoms with Gasteiger partial charge >= 0.3 is 11.6 Å². The van der Waals surface area contributed by atoms with E-state index in [-0.39, 0.29) is 23.0 Å². The molecule has 1 atom stereocenters. The summed E-state index contributed by atoms with van der Waals surface area (Å²) in [6.45, 7) is 9.24. The van der Waals surface area contributed by atoms with Crippen LogP contribution in [0.1, 0.15) is 48.1 Å². The molecule has 39 heavy (non-hydrogen) atoms. The van der Waals surface area contributed by atoms with Crippen molar-refractivity contribution < 1.29 is 22.4 Å². The number of carbonyl (C=O) groups is 1. The number of esters is 1. The molecule has 8 heteroatoms. The summed E-state index contributed by atoms with van der Waals surface area (Å²) in [7, 11) is -3.96. The number of benzene rings is 3. The van der Waals surface area contributed by atoms with Gasteiger partial charge in [-0.1, -0.05) is 61.9 Å². The number of rotatable bonds is 9. The Balaban J connectivity index is 1.62. The molecule has 1 heterocycles. The predicted molar refractivity (Wildman–Crippen MR) is 152 cm³/mol. The molecule has 0 aliphatic heterocycles. The second-order valence-corrected chi connectivity index (χ2v) is 12.0. The fraction of sp³-hybridized carbons (Fsp3) is 0.290. The molecule has 0 spiro atoms. The monoisotopic (exact) mass is 547 g/mol. The summed E-state index contributed by atoms with van der Waals surface area (Å²) >= 11 is 0. The first-order valence-corrected chi connectivity index (χ1v) is 14.3. The lowest BCUT2D eigenvalue weighted by Crippen LogP contribution is -2.43. The van der Waals surface area contributed by atoms with Crippen LogP contribution in [0.3, 0.4) is 0 Å². The molecule has 3 aromatic carbocycles. The number of fused-ring (bicyclic) bond motifs is 1. The van der Waals surface area contributed by atoms with Crippen LogP contribution in [0, 0.1) is 26.7 Å². The minimum absolute atomic E-state index is 0.0182. The van der Waals surface area contributed by atoms with Gasteiger partial charge in [0.15, 0.2) is 0 Å². The van der Waals surface area contributed by atoms with Crippen molar-refractivity contribution >= 4 is 27.0 Å². The van der Waals surface area contributed by atoms with E-state index in [9.17, 15) is 18.0 Å². The first kappa shape index (κ1) is 28.3. The lowest BCUT2D eigenvalue weighted by molar-refractivity contribution is -0.136. The minimum Gasteiger partial charge on any atom is -0.425 e. The highest BCUT2D eigenvalue weighted by atomic mass is 32.2. The first-order chi connectivity index (χ1) is 18.5. The third kappa shape index (κ3) is 6.46. The number of ether oxygens (including phenoxy) is 1. The number of aryl methyl sites for hydroxylation is 3. The van der Waals surface area contributed by atoms with E-state index in [2.05, 4.69) is 4.72 Å². The average Bonchev–Trinajstić information content (AvgIpc) is 2.88. The molecule has 7 nitrogen and oxygen atoms in total. The van der Waals surface area contributed by atoms with Gasteiger partial charge in [-0.2, -0.15) is 4.72 Å². The predicted octanol–water partition coefficient (Wildman–Crippen LogP) is 5.61. The molecule has 4 aromatic rings. The van der Waals surface area contributed by atoms with Crippen LogP contribution in [0.2, 0.25) is 0 Å². The molecular formula is C31H33NO6S. The van der Waals surface area contributed by atoms with E-state index < -0.39 is 27.7 Å². The Morgan fingerprint density at radius 3 is 2.23 bits per heavy atom. The number of nitrogens with one attached hydrogen (secondary N) is 1. The van der Waals surface area contributed by atoms with Crippen LogP contribution in [0.15, 0.2) is 80.8 Å². The number of hydrogen-bond donors (Lipinski definition) is 1. The molecule has 0 aliphatic rings. The maximum absolute atomic E-state index is 13.2. The molecule has 0 unspecified atom stereocenters. The zero-order chi connectivity index (χ0) is 28.3. The SMILES string of the molecule is Cc1ccc(S(=O)(=O)N[C@@H](CC(C)C)C(=O)Oc2ccc3c(C)c(Cc4ccccc4)c(=O)oc3c2C)cc1. The van der Waals surface area contributed by atoms with Crippen molar-refractivity contribution in [2.24, 2.45) is 5.92 Å². The quantitative estimate of drug-likeness (QED) is 0.166. The van der Waals surface area contributed by atoms with Crippen molar-refractivity contribution in [3.05, 3.63) is 105 Å². The third-order valence-corrected chi connectivity index (χ3v) is 8.20. The van der Waals surface area contributed by atoms with E-state index in [1.165, 1.54) is 12.1 Å². The topological polar surface area (TPSA) is 103 Å². The van der Waals surface area contributed by atoms with Crippen molar-refractivity contribution in [3.63, 3.8) is 0 Å². The Morgan fingerprint density at radius 2 is 1.59 bits per heavy atom. The van der Waals surface area contributed by atoms with Crippen molar-refractivity contribution in [1.29, 1.82) is 0 Å². The Hall–Kier alpha value is -3.75. The van der Waals surface area contributed by atoms with E-state index in [1.54, 1.807) is 31.2 Å². The van der Waals surface area contributed by atoms with Gasteiger partial charge in [0.25, 0.3) is 0 Å². The molecular weight excluding hydrogens is 514 g/mol. The Kier molecular flexibility index (Phi) is 8.37. The molecule has 0 saturated heterocycles. The summed E-state index contributed by atoms with van der Waals surface area (Å²) in [5.74, 6) is -0.513. The summed E-state index contributed by atoms with van der Waals surface area (Å²) in [5, 5.41) is 0.747. The van der Waals surface area contributed by atoms with Gasteiger partial charge in [-0.3, -0.25) is 0 Å². The molecule has 0 radical (unpaired) electrons. The summed E-state index contributed by atoms with van der Waals surface area (Å²) in [6, 6.07) is 18.4. The van der Waals surface area contributed by atoms with Gasteiger partial charge in [0.05, 0.1) is 4.90 Å². The number of hydrogen-bond acceptors (Lipinski definition) is 6. The largest absolute Gasteiger partial charge is 0.425 e. The van der Waals surface area contributed by atoms with Gasteiger partial charge in [-0.15, -0.1) is 0 Å². The van der Waals surface area contributed by atoms with E-state index in [1.807, 2.05) is 58.0 Å². The molecule has 0 aliphatic carbocycles. The van der Waals surface area contributed by atoms with E-state index in [0.717, 1.165) is 22.1 Å². The van der Waals surface area contributed by atoms with Gasteiger partial charge in [-0.05, 0) is 68.5 Å². The van der Waals surface area contributed by atoms with Crippen molar-refractivity contribution in [2.45, 2.75) is 58.4 Å². The van der Waals surface area contributed by atoms with E-state index >= 15 is 0 Å². The smallest absolute Gasteiger partial charge is 0.340 e. The summed E-state index contributed by atoms with van der Waals surface area (Å²) in [5.41, 5.74) is 3.66. The van der Waals surface area contributed by atoms with Crippen LogP contribution < -0.4 is 15.1 Å². The van der Waals surface area contributed by atoms with E-state index in [4.69, 9.17) is 9.15 Å². The van der Waals surface area contributed by atoms with Crippen LogP contribution in [0.5, 0.6) is 5.75 Å². The van der Waals surface area contributed by atoms with Crippen LogP contribution in [-0.2, 0) is 21.2 Å². The standard InChI is InChI=1S/C31H33NO6S/c1-19(2)17-27(32-39(35,36)24-13-11-20(3)12-14-24)31(34)37-28-16-15-25-21(4)26(18-23-9-7-6-8-10-23)30(33)38-29(25)22(28)5/h6-16,19,27,32H,17-18H2,1-5H3/t27-/m0/s1. The highest BCUT2D eigenvalue weighted by Crippen LogP contribution is 2.30. The zero-order valence-electron chi connectivity index (χ0n) is 22.8. The van der Waals surface area contributed by atoms with Gasteiger partial charge in [0, 0.05) is 22.9 Å². The Labute approximate surface area is 228 Å². The maximum atomic E-state index is 13.2. The molecule has 1 N–H and O–H groups in total. The van der Waals surface area contributed by atoms with Gasteiger partial charge in [0.1, 0.15) is 17.4 Å². The first-order valence-electron chi connectivity index (χ1n) is 12.9. The minimum atomic E-state index is -3.96. The summed E-state index contributed by atoms with van der Waals surface area (Å²) in [4.78, 5) is 26.3. The van der Waals surface area contributed by atoms with E-state index in [0.29, 0.717) is 23.1 Å². The van der Waals surface area contributed by atoms with Crippen LogP contribution in [0.25, 0.3) is 11.0 Å². The fourth-order valence-electron chi connectivity index (χ4n) is 4.50. The maximum Gasteiger partial charge on any atom is 0.340 e. The second-order valence-electron chi connectivity index (χ2n) is 10.3. The molecule has 1 aromatic heterocycles.